The van der Waals surface area contributed by atoms with Crippen LogP contribution in [0.15, 0.2) is 64.2 Å². The van der Waals surface area contributed by atoms with E-state index in [9.17, 15) is 9.59 Å². The number of aromatic amines is 1. The first kappa shape index (κ1) is 17.5. The molecule has 0 unspecified atom stereocenters. The first-order valence-corrected chi connectivity index (χ1v) is 9.68. The molecule has 7 nitrogen and oxygen atoms in total. The van der Waals surface area contributed by atoms with Crippen LogP contribution < -0.4 is 20.7 Å². The molecular weight excluding hydrogens is 366 g/mol. The zero-order valence-electron chi connectivity index (χ0n) is 16.4. The molecule has 4 aromatic rings. The standard InChI is InChI=1S/C22H21N5O2/c1-15-8-10-17(11-9-15)25-12-13-26-18-19(23-21(25)26)24(2)22(29)27(20(18)28)14-16-6-4-3-5-7-16/h3-11H,12-14H2,1-2H3/p+1. The Morgan fingerprint density at radius 1 is 1.03 bits per heavy atom. The van der Waals surface area contributed by atoms with Gasteiger partial charge in [-0.05, 0) is 24.6 Å². The van der Waals surface area contributed by atoms with Gasteiger partial charge in [-0.25, -0.2) is 19.2 Å². The second-order valence-corrected chi connectivity index (χ2v) is 7.50. The third-order valence-electron chi connectivity index (χ3n) is 5.61. The van der Waals surface area contributed by atoms with Crippen molar-refractivity contribution in [1.82, 2.24) is 14.1 Å². The summed E-state index contributed by atoms with van der Waals surface area (Å²) in [6.45, 7) is 3.76. The van der Waals surface area contributed by atoms with Crippen LogP contribution in [0.25, 0.3) is 11.2 Å². The highest BCUT2D eigenvalue weighted by molar-refractivity contribution is 5.70. The van der Waals surface area contributed by atoms with E-state index in [1.165, 1.54) is 14.7 Å². The number of benzene rings is 2. The van der Waals surface area contributed by atoms with Gasteiger partial charge in [-0.15, -0.1) is 0 Å². The Morgan fingerprint density at radius 3 is 2.48 bits per heavy atom. The summed E-state index contributed by atoms with van der Waals surface area (Å²) in [6.07, 6.45) is 0. The van der Waals surface area contributed by atoms with E-state index in [1.54, 1.807) is 7.05 Å². The van der Waals surface area contributed by atoms with Crippen molar-refractivity contribution >= 4 is 22.8 Å². The Labute approximate surface area is 167 Å². The van der Waals surface area contributed by atoms with Gasteiger partial charge in [-0.3, -0.25) is 13.9 Å². The Morgan fingerprint density at radius 2 is 1.76 bits per heavy atom. The van der Waals surface area contributed by atoms with E-state index >= 15 is 0 Å². The lowest BCUT2D eigenvalue weighted by molar-refractivity contribution is -0.644. The summed E-state index contributed by atoms with van der Waals surface area (Å²) < 4.78 is 4.82. The van der Waals surface area contributed by atoms with E-state index in [2.05, 4.69) is 41.1 Å². The average molecular weight is 388 g/mol. The monoisotopic (exact) mass is 388 g/mol. The van der Waals surface area contributed by atoms with Gasteiger partial charge in [0.1, 0.15) is 18.8 Å². The number of anilines is 2. The van der Waals surface area contributed by atoms with E-state index in [0.29, 0.717) is 17.7 Å². The van der Waals surface area contributed by atoms with Gasteiger partial charge in [0, 0.05) is 7.05 Å². The van der Waals surface area contributed by atoms with E-state index in [4.69, 9.17) is 0 Å². The number of hydrogen-bond donors (Lipinski definition) is 1. The molecule has 0 fully saturated rings. The highest BCUT2D eigenvalue weighted by Gasteiger charge is 2.35. The molecule has 0 atom stereocenters. The SMILES string of the molecule is Cc1ccc(N2CC[n+]3c2[nH]c2c3c(=O)n(Cc3ccccc3)c(=O)n2C)cc1. The van der Waals surface area contributed by atoms with Crippen LogP contribution in [0.5, 0.6) is 0 Å². The third-order valence-corrected chi connectivity index (χ3v) is 5.61. The smallest absolute Gasteiger partial charge is 0.267 e. The zero-order chi connectivity index (χ0) is 20.1. The van der Waals surface area contributed by atoms with Crippen molar-refractivity contribution in [3.05, 3.63) is 86.6 Å². The molecule has 0 saturated heterocycles. The second kappa shape index (κ2) is 6.48. The minimum atomic E-state index is -0.325. The topological polar surface area (TPSA) is 66.9 Å². The van der Waals surface area contributed by atoms with E-state index in [1.807, 2.05) is 34.9 Å². The van der Waals surface area contributed by atoms with Crippen LogP contribution in [0.2, 0.25) is 0 Å². The second-order valence-electron chi connectivity index (χ2n) is 7.50. The summed E-state index contributed by atoms with van der Waals surface area (Å²) >= 11 is 0. The van der Waals surface area contributed by atoms with Crippen molar-refractivity contribution < 1.29 is 4.57 Å². The molecule has 0 spiro atoms. The Hall–Kier alpha value is -3.61. The van der Waals surface area contributed by atoms with Crippen LogP contribution in [-0.4, -0.2) is 20.7 Å². The van der Waals surface area contributed by atoms with Gasteiger partial charge in [-0.2, -0.15) is 0 Å². The molecule has 0 aliphatic carbocycles. The van der Waals surface area contributed by atoms with Crippen molar-refractivity contribution in [2.24, 2.45) is 7.05 Å². The highest BCUT2D eigenvalue weighted by Crippen LogP contribution is 2.26. The summed E-state index contributed by atoms with van der Waals surface area (Å²) in [5.74, 6) is 0.827. The van der Waals surface area contributed by atoms with Crippen molar-refractivity contribution in [2.45, 2.75) is 20.0 Å². The summed E-state index contributed by atoms with van der Waals surface area (Å²) in [5, 5.41) is 0. The Bertz CT molecular complexity index is 1330. The average Bonchev–Trinajstić information content (AvgIpc) is 3.30. The molecule has 3 heterocycles. The maximum atomic E-state index is 13.3. The fourth-order valence-corrected chi connectivity index (χ4v) is 4.04. The number of rotatable bonds is 3. The maximum Gasteiger partial charge on any atom is 0.364 e. The number of aromatic nitrogens is 4. The van der Waals surface area contributed by atoms with E-state index in [-0.39, 0.29) is 17.8 Å². The quantitative estimate of drug-likeness (QED) is 0.545. The Kier molecular flexibility index (Phi) is 3.91. The molecule has 2 aromatic carbocycles. The van der Waals surface area contributed by atoms with Gasteiger partial charge in [0.15, 0.2) is 0 Å². The lowest BCUT2D eigenvalue weighted by atomic mass is 10.2. The normalized spacial score (nSPS) is 13.2. The van der Waals surface area contributed by atoms with Crippen molar-refractivity contribution in [1.29, 1.82) is 0 Å². The molecule has 0 radical (unpaired) electrons. The van der Waals surface area contributed by atoms with Crippen LogP contribution in [0.3, 0.4) is 0 Å². The lowest BCUT2D eigenvalue weighted by Crippen LogP contribution is -2.44. The molecule has 0 bridgehead atoms. The van der Waals surface area contributed by atoms with Crippen molar-refractivity contribution in [2.75, 3.05) is 11.4 Å². The minimum absolute atomic E-state index is 0.254. The number of nitrogens with one attached hydrogen (secondary N) is 1. The van der Waals surface area contributed by atoms with Gasteiger partial charge < -0.3 is 0 Å². The lowest BCUT2D eigenvalue weighted by Gasteiger charge is -2.09. The molecule has 0 saturated carbocycles. The number of nitrogens with zero attached hydrogens (tertiary/aromatic N) is 4. The zero-order valence-corrected chi connectivity index (χ0v) is 16.4. The van der Waals surface area contributed by atoms with Crippen LogP contribution in [-0.2, 0) is 20.1 Å². The van der Waals surface area contributed by atoms with Crippen LogP contribution >= 0.6 is 0 Å². The van der Waals surface area contributed by atoms with Gasteiger partial charge in [0.05, 0.1) is 6.54 Å². The highest BCUT2D eigenvalue weighted by atomic mass is 16.2. The van der Waals surface area contributed by atoms with Crippen LogP contribution in [0.4, 0.5) is 11.6 Å². The predicted molar refractivity (Wildman–Crippen MR) is 112 cm³/mol. The maximum absolute atomic E-state index is 13.3. The van der Waals surface area contributed by atoms with Gasteiger partial charge in [0.25, 0.3) is 5.56 Å². The van der Waals surface area contributed by atoms with E-state index < -0.39 is 0 Å². The fourth-order valence-electron chi connectivity index (χ4n) is 4.04. The van der Waals surface area contributed by atoms with Gasteiger partial charge in [0.2, 0.25) is 11.2 Å². The first-order chi connectivity index (χ1) is 14.0. The summed E-state index contributed by atoms with van der Waals surface area (Å²) in [4.78, 5) is 31.7. The molecule has 5 rings (SSSR count). The third kappa shape index (κ3) is 2.69. The number of fused-ring (bicyclic) bond motifs is 3. The molecular formula is C22H22N5O2+. The molecule has 0 amide bonds. The summed E-state index contributed by atoms with van der Waals surface area (Å²) in [7, 11) is 1.70. The van der Waals surface area contributed by atoms with Crippen molar-refractivity contribution in [3.63, 3.8) is 0 Å². The largest absolute Gasteiger partial charge is 0.364 e. The van der Waals surface area contributed by atoms with Crippen molar-refractivity contribution in [3.8, 4) is 0 Å². The van der Waals surface area contributed by atoms with Crippen LogP contribution in [0.1, 0.15) is 11.1 Å². The molecule has 1 N–H and O–H groups in total. The first-order valence-electron chi connectivity index (χ1n) is 9.68. The molecule has 1 aliphatic rings. The molecule has 2 aromatic heterocycles. The predicted octanol–water partition coefficient (Wildman–Crippen LogP) is 1.82. The number of H-pyrrole nitrogens is 1. The summed E-state index contributed by atoms with van der Waals surface area (Å²) in [6, 6.07) is 17.9. The Balaban J connectivity index is 1.68. The molecule has 1 aliphatic heterocycles. The van der Waals surface area contributed by atoms with Gasteiger partial charge >= 0.3 is 11.6 Å². The number of hydrogen-bond acceptors (Lipinski definition) is 3. The van der Waals surface area contributed by atoms with Gasteiger partial charge in [-0.1, -0.05) is 48.0 Å². The number of aryl methyl sites for hydroxylation is 2. The molecule has 29 heavy (non-hydrogen) atoms. The van der Waals surface area contributed by atoms with Crippen LogP contribution in [0, 0.1) is 6.92 Å². The minimum Gasteiger partial charge on any atom is -0.267 e. The van der Waals surface area contributed by atoms with E-state index in [0.717, 1.165) is 23.7 Å². The number of imidazole rings is 1. The molecule has 7 heteroatoms. The fraction of sp³-hybridized carbons (Fsp3) is 0.227. The summed E-state index contributed by atoms with van der Waals surface area (Å²) in [5.41, 5.74) is 3.67. The molecule has 146 valence electrons.